The number of rotatable bonds is 5. The molecule has 4 nitrogen and oxygen atoms in total. The standard InChI is InChI=1S/C21H20ClF3N4/c1-13(2)14-4-10-17(11-5-14)29(3)20-26-12-18(21(23,24)25)19(28-20)27-16-8-6-15(22)7-9-16/h4-13H,1-3H3,(H,26,27,28). The van der Waals surface area contributed by atoms with Crippen LogP contribution in [0.25, 0.3) is 0 Å². The maximum absolute atomic E-state index is 13.4. The fourth-order valence-corrected chi connectivity index (χ4v) is 2.83. The Morgan fingerprint density at radius 3 is 2.17 bits per heavy atom. The lowest BCUT2D eigenvalue weighted by Crippen LogP contribution is -2.17. The molecule has 0 saturated carbocycles. The van der Waals surface area contributed by atoms with Crippen LogP contribution in [-0.2, 0) is 6.18 Å². The van der Waals surface area contributed by atoms with Gasteiger partial charge in [-0.2, -0.15) is 18.2 Å². The smallest absolute Gasteiger partial charge is 0.340 e. The first kappa shape index (κ1) is 20.9. The van der Waals surface area contributed by atoms with Crippen molar-refractivity contribution in [2.24, 2.45) is 0 Å². The fraction of sp³-hybridized carbons (Fsp3) is 0.238. The largest absolute Gasteiger partial charge is 0.421 e. The van der Waals surface area contributed by atoms with Crippen LogP contribution in [0.1, 0.15) is 30.9 Å². The van der Waals surface area contributed by atoms with Gasteiger partial charge in [0.15, 0.2) is 0 Å². The van der Waals surface area contributed by atoms with Crippen molar-refractivity contribution >= 4 is 34.7 Å². The number of anilines is 4. The lowest BCUT2D eigenvalue weighted by Gasteiger charge is -2.20. The zero-order valence-electron chi connectivity index (χ0n) is 16.1. The third kappa shape index (κ3) is 4.98. The predicted molar refractivity (Wildman–Crippen MR) is 110 cm³/mol. The molecule has 0 spiro atoms. The van der Waals surface area contributed by atoms with Crippen LogP contribution in [0.4, 0.5) is 36.3 Å². The van der Waals surface area contributed by atoms with Crippen molar-refractivity contribution in [1.82, 2.24) is 9.97 Å². The first-order valence-corrected chi connectivity index (χ1v) is 9.33. The van der Waals surface area contributed by atoms with Gasteiger partial charge in [-0.15, -0.1) is 0 Å². The molecule has 3 rings (SSSR count). The second-order valence-electron chi connectivity index (χ2n) is 6.87. The first-order chi connectivity index (χ1) is 13.6. The highest BCUT2D eigenvalue weighted by Gasteiger charge is 2.35. The maximum Gasteiger partial charge on any atom is 0.421 e. The van der Waals surface area contributed by atoms with Gasteiger partial charge in [0.05, 0.1) is 0 Å². The minimum atomic E-state index is -4.59. The molecule has 29 heavy (non-hydrogen) atoms. The van der Waals surface area contributed by atoms with Crippen LogP contribution < -0.4 is 10.2 Å². The van der Waals surface area contributed by atoms with Crippen LogP contribution >= 0.6 is 11.6 Å². The van der Waals surface area contributed by atoms with Crippen molar-refractivity contribution in [3.8, 4) is 0 Å². The quantitative estimate of drug-likeness (QED) is 0.493. The third-order valence-electron chi connectivity index (χ3n) is 4.44. The van der Waals surface area contributed by atoms with E-state index in [0.29, 0.717) is 16.6 Å². The van der Waals surface area contributed by atoms with Crippen molar-refractivity contribution in [3.05, 3.63) is 70.9 Å². The Kier molecular flexibility index (Phi) is 5.98. The summed E-state index contributed by atoms with van der Waals surface area (Å²) in [6, 6.07) is 14.1. The van der Waals surface area contributed by atoms with E-state index >= 15 is 0 Å². The van der Waals surface area contributed by atoms with Gasteiger partial charge in [0.1, 0.15) is 11.4 Å². The van der Waals surface area contributed by atoms with Crippen LogP contribution in [0.2, 0.25) is 5.02 Å². The molecule has 0 fully saturated rings. The summed E-state index contributed by atoms with van der Waals surface area (Å²) in [6.07, 6.45) is -3.80. The van der Waals surface area contributed by atoms with E-state index in [4.69, 9.17) is 11.6 Å². The summed E-state index contributed by atoms with van der Waals surface area (Å²) in [5, 5.41) is 3.21. The van der Waals surface area contributed by atoms with E-state index < -0.39 is 11.7 Å². The van der Waals surface area contributed by atoms with Crippen LogP contribution in [-0.4, -0.2) is 17.0 Å². The van der Waals surface area contributed by atoms with Crippen LogP contribution in [0.5, 0.6) is 0 Å². The number of halogens is 4. The highest BCUT2D eigenvalue weighted by atomic mass is 35.5. The molecule has 0 amide bonds. The van der Waals surface area contributed by atoms with Crippen LogP contribution in [0.3, 0.4) is 0 Å². The Bertz CT molecular complexity index is 971. The molecule has 0 saturated heterocycles. The summed E-state index contributed by atoms with van der Waals surface area (Å²) in [5.74, 6) is 0.203. The van der Waals surface area contributed by atoms with E-state index in [2.05, 4.69) is 29.1 Å². The summed E-state index contributed by atoms with van der Waals surface area (Å²) < 4.78 is 40.3. The van der Waals surface area contributed by atoms with Gasteiger partial charge in [-0.1, -0.05) is 37.6 Å². The summed E-state index contributed by atoms with van der Waals surface area (Å²) in [4.78, 5) is 9.71. The molecule has 152 valence electrons. The molecular formula is C21H20ClF3N4. The highest BCUT2D eigenvalue weighted by Crippen LogP contribution is 2.36. The molecule has 0 aliphatic rings. The Hall–Kier alpha value is -2.80. The second-order valence-corrected chi connectivity index (χ2v) is 7.30. The zero-order chi connectivity index (χ0) is 21.2. The second kappa shape index (κ2) is 8.29. The van der Waals surface area contributed by atoms with Crippen molar-refractivity contribution in [2.75, 3.05) is 17.3 Å². The molecule has 1 heterocycles. The summed E-state index contributed by atoms with van der Waals surface area (Å²) in [5.41, 5.74) is 1.43. The van der Waals surface area contributed by atoms with E-state index in [9.17, 15) is 13.2 Å². The SMILES string of the molecule is CC(C)c1ccc(N(C)c2ncc(C(F)(F)F)c(Nc3ccc(Cl)cc3)n2)cc1. The number of benzene rings is 2. The number of hydrogen-bond acceptors (Lipinski definition) is 4. The van der Waals surface area contributed by atoms with Crippen molar-refractivity contribution < 1.29 is 13.2 Å². The minimum absolute atomic E-state index is 0.145. The molecule has 0 aliphatic heterocycles. The molecule has 8 heteroatoms. The number of aromatic nitrogens is 2. The van der Waals surface area contributed by atoms with Crippen molar-refractivity contribution in [2.45, 2.75) is 25.9 Å². The number of nitrogens with one attached hydrogen (secondary N) is 1. The molecule has 1 N–H and O–H groups in total. The Morgan fingerprint density at radius 1 is 1.00 bits per heavy atom. The van der Waals surface area contributed by atoms with Crippen molar-refractivity contribution in [3.63, 3.8) is 0 Å². The summed E-state index contributed by atoms with van der Waals surface area (Å²) >= 11 is 5.84. The topological polar surface area (TPSA) is 41.1 Å². The van der Waals surface area contributed by atoms with Gasteiger partial charge in [-0.3, -0.25) is 0 Å². The molecule has 0 unspecified atom stereocenters. The Balaban J connectivity index is 1.96. The van der Waals surface area contributed by atoms with E-state index in [-0.39, 0.29) is 11.8 Å². The fourth-order valence-electron chi connectivity index (χ4n) is 2.71. The molecule has 2 aromatic carbocycles. The van der Waals surface area contributed by atoms with Gasteiger partial charge in [-0.05, 0) is 47.9 Å². The molecule has 1 aromatic heterocycles. The normalized spacial score (nSPS) is 11.6. The molecule has 0 radical (unpaired) electrons. The van der Waals surface area contributed by atoms with E-state index in [1.54, 1.807) is 36.2 Å². The van der Waals surface area contributed by atoms with E-state index in [1.807, 2.05) is 24.3 Å². The maximum atomic E-state index is 13.4. The highest BCUT2D eigenvalue weighted by molar-refractivity contribution is 6.30. The average molecular weight is 421 g/mol. The molecule has 0 aliphatic carbocycles. The number of alkyl halides is 3. The van der Waals surface area contributed by atoms with Gasteiger partial charge in [0.25, 0.3) is 0 Å². The van der Waals surface area contributed by atoms with Gasteiger partial charge in [-0.25, -0.2) is 4.98 Å². The average Bonchev–Trinajstić information content (AvgIpc) is 2.68. The Labute approximate surface area is 172 Å². The molecule has 0 bridgehead atoms. The minimum Gasteiger partial charge on any atom is -0.340 e. The lowest BCUT2D eigenvalue weighted by atomic mass is 10.0. The number of nitrogens with zero attached hydrogens (tertiary/aromatic N) is 3. The lowest BCUT2D eigenvalue weighted by molar-refractivity contribution is -0.137. The monoisotopic (exact) mass is 420 g/mol. The number of hydrogen-bond donors (Lipinski definition) is 1. The van der Waals surface area contributed by atoms with Crippen molar-refractivity contribution in [1.29, 1.82) is 0 Å². The van der Waals surface area contributed by atoms with E-state index in [0.717, 1.165) is 11.9 Å². The summed E-state index contributed by atoms with van der Waals surface area (Å²) in [7, 11) is 1.71. The van der Waals surface area contributed by atoms with Gasteiger partial charge >= 0.3 is 6.18 Å². The summed E-state index contributed by atoms with van der Waals surface area (Å²) in [6.45, 7) is 4.18. The molecular weight excluding hydrogens is 401 g/mol. The van der Waals surface area contributed by atoms with Gasteiger partial charge in [0.2, 0.25) is 5.95 Å². The van der Waals surface area contributed by atoms with Gasteiger partial charge in [0, 0.05) is 29.6 Å². The molecule has 3 aromatic rings. The van der Waals surface area contributed by atoms with E-state index in [1.165, 1.54) is 5.56 Å². The predicted octanol–water partition coefficient (Wildman–Crippen LogP) is 6.78. The first-order valence-electron chi connectivity index (χ1n) is 8.95. The third-order valence-corrected chi connectivity index (χ3v) is 4.69. The molecule has 0 atom stereocenters. The van der Waals surface area contributed by atoms with Crippen LogP contribution in [0.15, 0.2) is 54.7 Å². The Morgan fingerprint density at radius 2 is 1.62 bits per heavy atom. The zero-order valence-corrected chi connectivity index (χ0v) is 16.9. The van der Waals surface area contributed by atoms with Crippen LogP contribution in [0, 0.1) is 0 Å². The van der Waals surface area contributed by atoms with Gasteiger partial charge < -0.3 is 10.2 Å².